The summed E-state index contributed by atoms with van der Waals surface area (Å²) in [7, 11) is 0. The normalized spacial score (nSPS) is 10.9. The Hall–Kier alpha value is -3.03. The van der Waals surface area contributed by atoms with Gasteiger partial charge >= 0.3 is 0 Å². The van der Waals surface area contributed by atoms with Crippen LogP contribution in [0.3, 0.4) is 0 Å². The fraction of sp³-hybridized carbons (Fsp3) is 0.0417. The molecule has 0 aliphatic heterocycles. The summed E-state index contributed by atoms with van der Waals surface area (Å²) in [5, 5.41) is 24.7. The zero-order valence-electron chi connectivity index (χ0n) is 17.6. The number of hydrogen-bond donors (Lipinski definition) is 3. The van der Waals surface area contributed by atoms with Gasteiger partial charge in [0.2, 0.25) is 0 Å². The summed E-state index contributed by atoms with van der Waals surface area (Å²) in [6, 6.07) is 15.7. The highest BCUT2D eigenvalue weighted by Crippen LogP contribution is 2.35. The lowest BCUT2D eigenvalue weighted by Gasteiger charge is -2.12. The van der Waals surface area contributed by atoms with Gasteiger partial charge in [-0.25, -0.2) is 0 Å². The van der Waals surface area contributed by atoms with Gasteiger partial charge in [-0.05, 0) is 98.1 Å². The molecule has 0 radical (unpaired) electrons. The molecular formula is C24H15Br2Cl2N3O4. The van der Waals surface area contributed by atoms with Crippen molar-refractivity contribution in [1.29, 1.82) is 5.26 Å². The predicted octanol–water partition coefficient (Wildman–Crippen LogP) is 6.79. The van der Waals surface area contributed by atoms with Gasteiger partial charge < -0.3 is 20.5 Å². The lowest BCUT2D eigenvalue weighted by molar-refractivity contribution is -0.118. The summed E-state index contributed by atoms with van der Waals surface area (Å²) < 4.78 is 6.62. The van der Waals surface area contributed by atoms with Crippen LogP contribution in [-0.4, -0.2) is 23.5 Å². The summed E-state index contributed by atoms with van der Waals surface area (Å²) in [6.45, 7) is -0.287. The molecule has 11 heteroatoms. The first-order chi connectivity index (χ1) is 16.7. The van der Waals surface area contributed by atoms with Crippen molar-refractivity contribution in [3.63, 3.8) is 0 Å². The topological polar surface area (TPSA) is 111 Å². The van der Waals surface area contributed by atoms with Crippen molar-refractivity contribution < 1.29 is 19.4 Å². The van der Waals surface area contributed by atoms with Crippen molar-refractivity contribution in [1.82, 2.24) is 0 Å². The van der Waals surface area contributed by atoms with E-state index in [1.165, 1.54) is 36.4 Å². The molecule has 0 aliphatic rings. The van der Waals surface area contributed by atoms with E-state index in [-0.39, 0.29) is 17.9 Å². The van der Waals surface area contributed by atoms with Crippen LogP contribution in [0.4, 0.5) is 11.4 Å². The Morgan fingerprint density at radius 3 is 2.20 bits per heavy atom. The van der Waals surface area contributed by atoms with Crippen molar-refractivity contribution in [2.75, 3.05) is 17.2 Å². The average molecular weight is 640 g/mol. The van der Waals surface area contributed by atoms with Gasteiger partial charge in [-0.1, -0.05) is 23.2 Å². The Kier molecular flexibility index (Phi) is 9.18. The summed E-state index contributed by atoms with van der Waals surface area (Å²) in [4.78, 5) is 24.7. The molecule has 0 bridgehead atoms. The van der Waals surface area contributed by atoms with Crippen molar-refractivity contribution >= 4 is 84.3 Å². The number of ether oxygens (including phenoxy) is 1. The first-order valence-corrected chi connectivity index (χ1v) is 12.1. The third kappa shape index (κ3) is 7.47. The highest BCUT2D eigenvalue weighted by Gasteiger charge is 2.14. The van der Waals surface area contributed by atoms with Gasteiger partial charge in [0.1, 0.15) is 23.1 Å². The lowest BCUT2D eigenvalue weighted by Crippen LogP contribution is -2.20. The number of halogens is 4. The number of nitrogens with zero attached hydrogens (tertiary/aromatic N) is 1. The van der Waals surface area contributed by atoms with Crippen molar-refractivity contribution in [3.8, 4) is 17.6 Å². The summed E-state index contributed by atoms with van der Waals surface area (Å²) in [5.74, 6) is -0.602. The quantitative estimate of drug-likeness (QED) is 0.150. The molecular weight excluding hydrogens is 625 g/mol. The molecule has 3 rings (SSSR count). The van der Waals surface area contributed by atoms with E-state index in [1.54, 1.807) is 24.3 Å². The second-order valence-corrected chi connectivity index (χ2v) is 9.47. The Bertz CT molecular complexity index is 1330. The van der Waals surface area contributed by atoms with Crippen LogP contribution in [-0.2, 0) is 9.59 Å². The van der Waals surface area contributed by atoms with Crippen LogP contribution >= 0.6 is 55.1 Å². The molecule has 7 nitrogen and oxygen atoms in total. The van der Waals surface area contributed by atoms with Gasteiger partial charge in [-0.2, -0.15) is 5.26 Å². The SMILES string of the molecule is N#C/C(=C\c1cc(Br)c(OCC(=O)Nc2ccc(Cl)c(Cl)c2)c(Br)c1)C(=O)Nc1ccc(O)cc1. The zero-order valence-corrected chi connectivity index (χ0v) is 22.3. The van der Waals surface area contributed by atoms with E-state index < -0.39 is 11.8 Å². The number of carbonyl (C=O) groups excluding carboxylic acids is 2. The molecule has 0 heterocycles. The third-order valence-electron chi connectivity index (χ3n) is 4.37. The molecule has 0 spiro atoms. The number of hydrogen-bond acceptors (Lipinski definition) is 5. The molecule has 3 aromatic carbocycles. The van der Waals surface area contributed by atoms with Crippen LogP contribution in [0.2, 0.25) is 10.0 Å². The monoisotopic (exact) mass is 637 g/mol. The highest BCUT2D eigenvalue weighted by atomic mass is 79.9. The number of nitrogens with one attached hydrogen (secondary N) is 2. The first-order valence-electron chi connectivity index (χ1n) is 9.75. The summed E-state index contributed by atoms with van der Waals surface area (Å²) in [5.41, 5.74) is 1.31. The largest absolute Gasteiger partial charge is 0.508 e. The van der Waals surface area contributed by atoms with Crippen LogP contribution in [0.5, 0.6) is 11.5 Å². The first kappa shape index (κ1) is 26.6. The fourth-order valence-corrected chi connectivity index (χ4v) is 4.52. The van der Waals surface area contributed by atoms with Crippen LogP contribution in [0.15, 0.2) is 69.1 Å². The van der Waals surface area contributed by atoms with E-state index in [2.05, 4.69) is 42.5 Å². The molecule has 2 amide bonds. The Labute approximate surface area is 227 Å². The number of aromatic hydroxyl groups is 1. The minimum atomic E-state index is -0.607. The molecule has 0 saturated heterocycles. The molecule has 178 valence electrons. The van der Waals surface area contributed by atoms with Crippen molar-refractivity contribution in [2.24, 2.45) is 0 Å². The molecule has 0 saturated carbocycles. The Morgan fingerprint density at radius 2 is 1.60 bits per heavy atom. The van der Waals surface area contributed by atoms with Crippen molar-refractivity contribution in [3.05, 3.63) is 84.7 Å². The average Bonchev–Trinajstić information content (AvgIpc) is 2.80. The van der Waals surface area contributed by atoms with E-state index >= 15 is 0 Å². The highest BCUT2D eigenvalue weighted by molar-refractivity contribution is 9.11. The maximum absolute atomic E-state index is 12.5. The Morgan fingerprint density at radius 1 is 0.971 bits per heavy atom. The number of rotatable bonds is 7. The number of anilines is 2. The number of carbonyl (C=O) groups is 2. The van der Waals surface area contributed by atoms with Crippen molar-refractivity contribution in [2.45, 2.75) is 0 Å². The van der Waals surface area contributed by atoms with Crippen LogP contribution in [0.25, 0.3) is 6.08 Å². The smallest absolute Gasteiger partial charge is 0.266 e. The van der Waals surface area contributed by atoms with E-state index in [1.807, 2.05) is 6.07 Å². The van der Waals surface area contributed by atoms with Crippen LogP contribution in [0.1, 0.15) is 5.56 Å². The minimum absolute atomic E-state index is 0.0583. The molecule has 3 N–H and O–H groups in total. The zero-order chi connectivity index (χ0) is 25.5. The van der Waals surface area contributed by atoms with E-state index in [0.717, 1.165) is 0 Å². The second-order valence-electron chi connectivity index (χ2n) is 6.95. The second kappa shape index (κ2) is 12.1. The van der Waals surface area contributed by atoms with Gasteiger partial charge in [0.15, 0.2) is 6.61 Å². The fourth-order valence-electron chi connectivity index (χ4n) is 2.77. The summed E-state index contributed by atoms with van der Waals surface area (Å²) in [6.07, 6.45) is 1.41. The molecule has 0 fully saturated rings. The predicted molar refractivity (Wildman–Crippen MR) is 143 cm³/mol. The van der Waals surface area contributed by atoms with Gasteiger partial charge in [0, 0.05) is 11.4 Å². The van der Waals surface area contributed by atoms with Gasteiger partial charge in [-0.15, -0.1) is 0 Å². The van der Waals surface area contributed by atoms with E-state index in [4.69, 9.17) is 27.9 Å². The minimum Gasteiger partial charge on any atom is -0.508 e. The van der Waals surface area contributed by atoms with Gasteiger partial charge in [-0.3, -0.25) is 9.59 Å². The standard InChI is InChI=1S/C24H15Br2Cl2N3O4/c25-18-8-13(7-14(11-29)24(34)31-15-1-4-17(32)5-2-15)9-19(26)23(18)35-12-22(33)30-16-3-6-20(27)21(28)10-16/h1-10,32H,12H2,(H,30,33)(H,31,34)/b14-7+. The molecule has 0 unspecified atom stereocenters. The molecule has 0 atom stereocenters. The maximum Gasteiger partial charge on any atom is 0.266 e. The van der Waals surface area contributed by atoms with Crippen LogP contribution < -0.4 is 15.4 Å². The number of phenols is 1. The lowest BCUT2D eigenvalue weighted by atomic mass is 10.1. The molecule has 3 aromatic rings. The molecule has 35 heavy (non-hydrogen) atoms. The van der Waals surface area contributed by atoms with E-state index in [9.17, 15) is 20.0 Å². The molecule has 0 aliphatic carbocycles. The number of benzene rings is 3. The maximum atomic E-state index is 12.5. The number of nitriles is 1. The third-order valence-corrected chi connectivity index (χ3v) is 6.29. The number of amides is 2. The molecule has 0 aromatic heterocycles. The van der Waals surface area contributed by atoms with Gasteiger partial charge in [0.25, 0.3) is 11.8 Å². The van der Waals surface area contributed by atoms with Crippen LogP contribution in [0, 0.1) is 11.3 Å². The Balaban J connectivity index is 1.68. The van der Waals surface area contributed by atoms with Gasteiger partial charge in [0.05, 0.1) is 19.0 Å². The number of phenolic OH excluding ortho intramolecular Hbond substituents is 1. The summed E-state index contributed by atoms with van der Waals surface area (Å²) >= 11 is 18.6. The van der Waals surface area contributed by atoms with E-state index in [0.29, 0.717) is 41.7 Å².